The maximum Gasteiger partial charge on any atom is 0.313 e. The smallest absolute Gasteiger partial charge is 0.313 e. The Kier molecular flexibility index (Phi) is 5.14. The van der Waals surface area contributed by atoms with E-state index < -0.39 is 0 Å². The molecular formula is C17H21NO3. The lowest BCUT2D eigenvalue weighted by Gasteiger charge is -2.02. The number of aromatic nitrogens is 1. The molecule has 0 unspecified atom stereocenters. The van der Waals surface area contributed by atoms with Gasteiger partial charge in [0.25, 0.3) is 0 Å². The lowest BCUT2D eigenvalue weighted by atomic mass is 10.1. The predicted octanol–water partition coefficient (Wildman–Crippen LogP) is 3.71. The van der Waals surface area contributed by atoms with Crippen molar-refractivity contribution in [2.75, 3.05) is 6.61 Å². The number of aryl methyl sites for hydroxylation is 2. The number of oxazole rings is 1. The summed E-state index contributed by atoms with van der Waals surface area (Å²) in [7, 11) is 0. The highest BCUT2D eigenvalue weighted by atomic mass is 16.5. The largest absolute Gasteiger partial charge is 0.466 e. The average molecular weight is 287 g/mol. The Bertz CT molecular complexity index is 599. The molecule has 1 aromatic carbocycles. The molecule has 21 heavy (non-hydrogen) atoms. The molecule has 112 valence electrons. The Morgan fingerprint density at radius 3 is 2.57 bits per heavy atom. The summed E-state index contributed by atoms with van der Waals surface area (Å²) in [5.74, 6) is 0.971. The Balaban J connectivity index is 2.33. The number of carbonyl (C=O) groups excluding carboxylic acids is 1. The number of benzene rings is 1. The molecule has 0 aliphatic carbocycles. The van der Waals surface area contributed by atoms with Crippen LogP contribution in [0.3, 0.4) is 0 Å². The van der Waals surface area contributed by atoms with E-state index in [1.807, 2.05) is 31.2 Å². The molecule has 2 aromatic rings. The third kappa shape index (κ3) is 3.94. The topological polar surface area (TPSA) is 52.3 Å². The minimum atomic E-state index is -0.287. The van der Waals surface area contributed by atoms with Gasteiger partial charge in [0.15, 0.2) is 5.89 Å². The number of hydrogen-bond donors (Lipinski definition) is 0. The molecule has 0 bridgehead atoms. The van der Waals surface area contributed by atoms with E-state index in [0.717, 1.165) is 24.1 Å². The van der Waals surface area contributed by atoms with Crippen molar-refractivity contribution in [2.24, 2.45) is 0 Å². The zero-order chi connectivity index (χ0) is 15.2. The maximum absolute atomic E-state index is 11.7. The van der Waals surface area contributed by atoms with Crippen molar-refractivity contribution in [1.82, 2.24) is 4.98 Å². The molecule has 0 N–H and O–H groups in total. The van der Waals surface area contributed by atoms with Gasteiger partial charge in [-0.2, -0.15) is 0 Å². The summed E-state index contributed by atoms with van der Waals surface area (Å²) >= 11 is 0. The van der Waals surface area contributed by atoms with Crippen LogP contribution in [-0.2, 0) is 22.4 Å². The zero-order valence-electron chi connectivity index (χ0n) is 12.8. The van der Waals surface area contributed by atoms with Crippen LogP contribution in [0.1, 0.15) is 37.5 Å². The molecule has 1 aromatic heterocycles. The monoisotopic (exact) mass is 287 g/mol. The highest BCUT2D eigenvalue weighted by molar-refractivity contribution is 5.75. The van der Waals surface area contributed by atoms with Crippen molar-refractivity contribution in [3.8, 4) is 11.3 Å². The first kappa shape index (κ1) is 15.3. The number of rotatable bonds is 6. The number of carbonyl (C=O) groups is 1. The van der Waals surface area contributed by atoms with E-state index in [1.165, 1.54) is 5.56 Å². The summed E-state index contributed by atoms with van der Waals surface area (Å²) in [5.41, 5.74) is 2.89. The summed E-state index contributed by atoms with van der Waals surface area (Å²) in [4.78, 5) is 16.2. The molecule has 2 rings (SSSR count). The van der Waals surface area contributed by atoms with Gasteiger partial charge in [0, 0.05) is 12.0 Å². The molecule has 1 heterocycles. The van der Waals surface area contributed by atoms with E-state index >= 15 is 0 Å². The fourth-order valence-electron chi connectivity index (χ4n) is 2.12. The standard InChI is InChI=1S/C17H21NO3/c1-4-6-15-18-17(13-9-7-12(3)8-10-13)14(21-15)11-16(19)20-5-2/h7-10H,4-6,11H2,1-3H3. The van der Waals surface area contributed by atoms with Crippen LogP contribution in [0.15, 0.2) is 28.7 Å². The maximum atomic E-state index is 11.7. The summed E-state index contributed by atoms with van der Waals surface area (Å²) in [6.07, 6.45) is 1.84. The van der Waals surface area contributed by atoms with E-state index in [2.05, 4.69) is 11.9 Å². The van der Waals surface area contributed by atoms with Gasteiger partial charge in [-0.15, -0.1) is 0 Å². The summed E-state index contributed by atoms with van der Waals surface area (Å²) in [6.45, 7) is 6.27. The predicted molar refractivity (Wildman–Crippen MR) is 81.0 cm³/mol. The molecule has 0 amide bonds. The van der Waals surface area contributed by atoms with Crippen molar-refractivity contribution < 1.29 is 13.9 Å². The lowest BCUT2D eigenvalue weighted by Crippen LogP contribution is -2.07. The van der Waals surface area contributed by atoms with Crippen LogP contribution in [0.4, 0.5) is 0 Å². The lowest BCUT2D eigenvalue weighted by molar-refractivity contribution is -0.142. The first-order valence-corrected chi connectivity index (χ1v) is 7.35. The molecule has 0 saturated carbocycles. The van der Waals surface area contributed by atoms with Crippen molar-refractivity contribution in [3.63, 3.8) is 0 Å². The molecule has 0 fully saturated rings. The van der Waals surface area contributed by atoms with Crippen molar-refractivity contribution in [3.05, 3.63) is 41.5 Å². The highest BCUT2D eigenvalue weighted by Gasteiger charge is 2.18. The summed E-state index contributed by atoms with van der Waals surface area (Å²) < 4.78 is 10.7. The van der Waals surface area contributed by atoms with Crippen molar-refractivity contribution in [2.45, 2.75) is 40.0 Å². The van der Waals surface area contributed by atoms with E-state index in [4.69, 9.17) is 9.15 Å². The van der Waals surface area contributed by atoms with Crippen molar-refractivity contribution >= 4 is 5.97 Å². The van der Waals surface area contributed by atoms with Gasteiger partial charge in [-0.25, -0.2) is 4.98 Å². The van der Waals surface area contributed by atoms with Gasteiger partial charge in [0.2, 0.25) is 0 Å². The third-order valence-corrected chi connectivity index (χ3v) is 3.14. The van der Waals surface area contributed by atoms with Gasteiger partial charge < -0.3 is 9.15 Å². The molecule has 0 aliphatic rings. The average Bonchev–Trinajstić information content (AvgIpc) is 2.83. The first-order valence-electron chi connectivity index (χ1n) is 7.35. The van der Waals surface area contributed by atoms with Gasteiger partial charge in [-0.1, -0.05) is 36.8 Å². The number of hydrogen-bond acceptors (Lipinski definition) is 4. The van der Waals surface area contributed by atoms with E-state index in [1.54, 1.807) is 6.92 Å². The number of esters is 1. The molecule has 0 saturated heterocycles. The van der Waals surface area contributed by atoms with Crippen molar-refractivity contribution in [1.29, 1.82) is 0 Å². The quantitative estimate of drug-likeness (QED) is 0.760. The molecule has 0 atom stereocenters. The third-order valence-electron chi connectivity index (χ3n) is 3.14. The first-order chi connectivity index (χ1) is 10.1. The second kappa shape index (κ2) is 7.07. The SMILES string of the molecule is CCCc1nc(-c2ccc(C)cc2)c(CC(=O)OCC)o1. The van der Waals surface area contributed by atoms with Crippen LogP contribution in [0.25, 0.3) is 11.3 Å². The van der Waals surface area contributed by atoms with Crippen LogP contribution in [0, 0.1) is 6.92 Å². The zero-order valence-corrected chi connectivity index (χ0v) is 12.8. The normalized spacial score (nSPS) is 10.6. The molecule has 0 aliphatic heterocycles. The van der Waals surface area contributed by atoms with Crippen LogP contribution >= 0.6 is 0 Å². The van der Waals surface area contributed by atoms with Gasteiger partial charge in [0.1, 0.15) is 17.9 Å². The summed E-state index contributed by atoms with van der Waals surface area (Å²) in [5, 5.41) is 0. The molecule has 4 heteroatoms. The minimum Gasteiger partial charge on any atom is -0.466 e. The Morgan fingerprint density at radius 2 is 1.95 bits per heavy atom. The second-order valence-electron chi connectivity index (χ2n) is 4.98. The molecule has 0 radical (unpaired) electrons. The van der Waals surface area contributed by atoms with E-state index in [9.17, 15) is 4.79 Å². The second-order valence-corrected chi connectivity index (χ2v) is 4.98. The van der Waals surface area contributed by atoms with Gasteiger partial charge in [0.05, 0.1) is 6.61 Å². The van der Waals surface area contributed by atoms with Gasteiger partial charge in [-0.05, 0) is 20.3 Å². The Hall–Kier alpha value is -2.10. The fraction of sp³-hybridized carbons (Fsp3) is 0.412. The molecule has 4 nitrogen and oxygen atoms in total. The molecular weight excluding hydrogens is 266 g/mol. The van der Waals surface area contributed by atoms with Gasteiger partial charge in [-0.3, -0.25) is 4.79 Å². The highest BCUT2D eigenvalue weighted by Crippen LogP contribution is 2.25. The minimum absolute atomic E-state index is 0.119. The van der Waals surface area contributed by atoms with E-state index in [0.29, 0.717) is 18.3 Å². The summed E-state index contributed by atoms with van der Waals surface area (Å²) in [6, 6.07) is 8.05. The number of nitrogens with zero attached hydrogens (tertiary/aromatic N) is 1. The number of ether oxygens (including phenoxy) is 1. The van der Waals surface area contributed by atoms with Crippen LogP contribution in [0.2, 0.25) is 0 Å². The van der Waals surface area contributed by atoms with E-state index in [-0.39, 0.29) is 12.4 Å². The van der Waals surface area contributed by atoms with Gasteiger partial charge >= 0.3 is 5.97 Å². The van der Waals surface area contributed by atoms with Crippen LogP contribution in [0.5, 0.6) is 0 Å². The Labute approximate surface area is 125 Å². The molecule has 0 spiro atoms. The van der Waals surface area contributed by atoms with Crippen LogP contribution < -0.4 is 0 Å². The Morgan fingerprint density at radius 1 is 1.24 bits per heavy atom. The van der Waals surface area contributed by atoms with Crippen LogP contribution in [-0.4, -0.2) is 17.6 Å². The fourth-order valence-corrected chi connectivity index (χ4v) is 2.12.